The molecule has 0 aliphatic carbocycles. The van der Waals surface area contributed by atoms with Crippen LogP contribution in [0.25, 0.3) is 0 Å². The lowest BCUT2D eigenvalue weighted by Crippen LogP contribution is -2.16. The molecule has 1 heterocycles. The zero-order valence-electron chi connectivity index (χ0n) is 8.68. The van der Waals surface area contributed by atoms with E-state index in [-0.39, 0.29) is 0 Å². The average molecular weight is 254 g/mol. The normalized spacial score (nSPS) is 26.8. The quantitative estimate of drug-likeness (QED) is 0.811. The van der Waals surface area contributed by atoms with Gasteiger partial charge >= 0.3 is 0 Å². The van der Waals surface area contributed by atoms with Crippen molar-refractivity contribution in [3.63, 3.8) is 0 Å². The van der Waals surface area contributed by atoms with Crippen LogP contribution in [0.15, 0.2) is 22.7 Å². The Balaban J connectivity index is 2.20. The van der Waals surface area contributed by atoms with Crippen LogP contribution in [0.1, 0.15) is 30.4 Å². The molecule has 0 spiro atoms. The Kier molecular flexibility index (Phi) is 2.93. The van der Waals surface area contributed by atoms with Gasteiger partial charge < -0.3 is 5.32 Å². The molecule has 1 aromatic carbocycles. The van der Waals surface area contributed by atoms with Gasteiger partial charge in [-0.1, -0.05) is 28.1 Å². The molecule has 1 aliphatic heterocycles. The third kappa shape index (κ3) is 2.01. The molecule has 2 heteroatoms. The number of nitrogens with one attached hydrogen (secondary N) is 1. The van der Waals surface area contributed by atoms with Crippen molar-refractivity contribution >= 4 is 15.9 Å². The van der Waals surface area contributed by atoms with Gasteiger partial charge in [-0.05, 0) is 43.4 Å². The van der Waals surface area contributed by atoms with E-state index >= 15 is 0 Å². The molecule has 0 aromatic heterocycles. The van der Waals surface area contributed by atoms with E-state index in [2.05, 4.69) is 53.3 Å². The Morgan fingerprint density at radius 2 is 2.21 bits per heavy atom. The molecule has 76 valence electrons. The number of halogens is 1. The molecular weight excluding hydrogens is 238 g/mol. The number of aryl methyl sites for hydroxylation is 1. The minimum absolute atomic E-state index is 0.667. The van der Waals surface area contributed by atoms with Crippen molar-refractivity contribution in [1.29, 1.82) is 0 Å². The van der Waals surface area contributed by atoms with Crippen molar-refractivity contribution < 1.29 is 0 Å². The van der Waals surface area contributed by atoms with Gasteiger partial charge in [0.2, 0.25) is 0 Å². The molecule has 1 N–H and O–H groups in total. The van der Waals surface area contributed by atoms with E-state index in [0.717, 1.165) is 6.54 Å². The maximum Gasteiger partial charge on any atom is 0.0207 e. The van der Waals surface area contributed by atoms with Crippen molar-refractivity contribution in [3.8, 4) is 0 Å². The number of rotatable bonds is 1. The standard InChI is InChI=1S/C12H16BrN/c1-8-3-4-10(6-12(8)13)11-5-9(2)14-7-11/h3-4,6,9,11,14H,5,7H2,1-2H3. The van der Waals surface area contributed by atoms with Gasteiger partial charge in [-0.3, -0.25) is 0 Å². The smallest absolute Gasteiger partial charge is 0.0207 e. The van der Waals surface area contributed by atoms with Crippen LogP contribution in [-0.4, -0.2) is 12.6 Å². The Morgan fingerprint density at radius 3 is 2.79 bits per heavy atom. The van der Waals surface area contributed by atoms with Gasteiger partial charge in [0, 0.05) is 17.1 Å². The molecule has 0 amide bonds. The lowest BCUT2D eigenvalue weighted by Gasteiger charge is -2.10. The summed E-state index contributed by atoms with van der Waals surface area (Å²) in [5.41, 5.74) is 2.77. The summed E-state index contributed by atoms with van der Waals surface area (Å²) in [6.07, 6.45) is 1.26. The van der Waals surface area contributed by atoms with Crippen molar-refractivity contribution in [1.82, 2.24) is 5.32 Å². The molecule has 1 nitrogen and oxygen atoms in total. The molecule has 2 rings (SSSR count). The van der Waals surface area contributed by atoms with Gasteiger partial charge in [-0.25, -0.2) is 0 Å². The molecule has 0 saturated carbocycles. The fourth-order valence-electron chi connectivity index (χ4n) is 2.05. The Bertz CT molecular complexity index is 335. The van der Waals surface area contributed by atoms with Crippen LogP contribution in [0.4, 0.5) is 0 Å². The summed E-state index contributed by atoms with van der Waals surface area (Å²) >= 11 is 3.59. The zero-order valence-corrected chi connectivity index (χ0v) is 10.3. The summed E-state index contributed by atoms with van der Waals surface area (Å²) in [6.45, 7) is 5.50. The lowest BCUT2D eigenvalue weighted by molar-refractivity contribution is 0.658. The maximum atomic E-state index is 3.59. The van der Waals surface area contributed by atoms with Crippen LogP contribution in [-0.2, 0) is 0 Å². The fourth-order valence-corrected chi connectivity index (χ4v) is 2.45. The topological polar surface area (TPSA) is 12.0 Å². The van der Waals surface area contributed by atoms with Gasteiger partial charge in [0.05, 0.1) is 0 Å². The molecule has 2 unspecified atom stereocenters. The van der Waals surface area contributed by atoms with Gasteiger partial charge in [0.25, 0.3) is 0 Å². The van der Waals surface area contributed by atoms with E-state index in [1.165, 1.54) is 22.0 Å². The summed E-state index contributed by atoms with van der Waals surface area (Å²) in [7, 11) is 0. The second-order valence-electron chi connectivity index (χ2n) is 4.25. The molecule has 1 saturated heterocycles. The van der Waals surface area contributed by atoms with Gasteiger partial charge in [0.1, 0.15) is 0 Å². The Labute approximate surface area is 94.0 Å². The largest absolute Gasteiger partial charge is 0.314 e. The highest BCUT2D eigenvalue weighted by molar-refractivity contribution is 9.10. The summed E-state index contributed by atoms with van der Waals surface area (Å²) in [5, 5.41) is 3.49. The fraction of sp³-hybridized carbons (Fsp3) is 0.500. The van der Waals surface area contributed by atoms with Crippen molar-refractivity contribution in [3.05, 3.63) is 33.8 Å². The van der Waals surface area contributed by atoms with Gasteiger partial charge in [-0.15, -0.1) is 0 Å². The summed E-state index contributed by atoms with van der Waals surface area (Å²) in [5.74, 6) is 0.696. The average Bonchev–Trinajstić information content (AvgIpc) is 2.57. The van der Waals surface area contributed by atoms with E-state index in [9.17, 15) is 0 Å². The molecule has 1 aromatic rings. The zero-order chi connectivity index (χ0) is 10.1. The first-order valence-corrected chi connectivity index (χ1v) is 5.95. The monoisotopic (exact) mass is 253 g/mol. The number of hydrogen-bond acceptors (Lipinski definition) is 1. The summed E-state index contributed by atoms with van der Waals surface area (Å²) in [6, 6.07) is 7.38. The highest BCUT2D eigenvalue weighted by Crippen LogP contribution is 2.28. The summed E-state index contributed by atoms with van der Waals surface area (Å²) in [4.78, 5) is 0. The van der Waals surface area contributed by atoms with E-state index in [4.69, 9.17) is 0 Å². The predicted octanol–water partition coefficient (Wildman–Crippen LogP) is 3.22. The van der Waals surface area contributed by atoms with Crippen LogP contribution in [0, 0.1) is 6.92 Å². The van der Waals surface area contributed by atoms with Gasteiger partial charge in [0.15, 0.2) is 0 Å². The third-order valence-electron chi connectivity index (χ3n) is 3.02. The third-order valence-corrected chi connectivity index (χ3v) is 3.87. The first kappa shape index (κ1) is 10.2. The van der Waals surface area contributed by atoms with Crippen molar-refractivity contribution in [2.24, 2.45) is 0 Å². The van der Waals surface area contributed by atoms with E-state index in [1.807, 2.05) is 0 Å². The number of benzene rings is 1. The van der Waals surface area contributed by atoms with Crippen LogP contribution < -0.4 is 5.32 Å². The molecule has 0 bridgehead atoms. The first-order chi connectivity index (χ1) is 6.66. The van der Waals surface area contributed by atoms with Crippen molar-refractivity contribution in [2.75, 3.05) is 6.54 Å². The highest BCUT2D eigenvalue weighted by Gasteiger charge is 2.22. The minimum Gasteiger partial charge on any atom is -0.314 e. The Morgan fingerprint density at radius 1 is 1.43 bits per heavy atom. The molecule has 14 heavy (non-hydrogen) atoms. The lowest BCUT2D eigenvalue weighted by atomic mass is 9.96. The summed E-state index contributed by atoms with van der Waals surface area (Å²) < 4.78 is 1.23. The van der Waals surface area contributed by atoms with Crippen molar-refractivity contribution in [2.45, 2.75) is 32.2 Å². The molecular formula is C12H16BrN. The maximum absolute atomic E-state index is 3.59. The molecule has 1 fully saturated rings. The van der Waals surface area contributed by atoms with Crippen LogP contribution in [0.3, 0.4) is 0 Å². The second-order valence-corrected chi connectivity index (χ2v) is 5.10. The molecule has 0 radical (unpaired) electrons. The minimum atomic E-state index is 0.667. The van der Waals surface area contributed by atoms with E-state index in [1.54, 1.807) is 0 Å². The van der Waals surface area contributed by atoms with Crippen LogP contribution in [0.2, 0.25) is 0 Å². The van der Waals surface area contributed by atoms with E-state index < -0.39 is 0 Å². The van der Waals surface area contributed by atoms with E-state index in [0.29, 0.717) is 12.0 Å². The molecule has 2 atom stereocenters. The Hall–Kier alpha value is -0.340. The predicted molar refractivity (Wildman–Crippen MR) is 63.7 cm³/mol. The number of hydrogen-bond donors (Lipinski definition) is 1. The highest BCUT2D eigenvalue weighted by atomic mass is 79.9. The van der Waals surface area contributed by atoms with Gasteiger partial charge in [-0.2, -0.15) is 0 Å². The molecule has 1 aliphatic rings. The van der Waals surface area contributed by atoms with Crippen LogP contribution in [0.5, 0.6) is 0 Å². The first-order valence-electron chi connectivity index (χ1n) is 5.16. The SMILES string of the molecule is Cc1ccc(C2CNC(C)C2)cc1Br. The second kappa shape index (κ2) is 4.03. The van der Waals surface area contributed by atoms with Crippen LogP contribution >= 0.6 is 15.9 Å².